The van der Waals surface area contributed by atoms with E-state index in [4.69, 9.17) is 0 Å². The van der Waals surface area contributed by atoms with Gasteiger partial charge in [0.05, 0.1) is 6.04 Å². The SMILES string of the molecule is Cc1cc(C)c2cc([C@@H](c3nnnn3C3CCCC3)N3CCCC[C@@H]3C)c(=O)[nH]c2c1. The minimum atomic E-state index is -0.236. The topological polar surface area (TPSA) is 79.7 Å². The van der Waals surface area contributed by atoms with Crippen LogP contribution in [-0.4, -0.2) is 42.7 Å². The lowest BCUT2D eigenvalue weighted by atomic mass is 9.95. The van der Waals surface area contributed by atoms with Gasteiger partial charge in [-0.2, -0.15) is 0 Å². The van der Waals surface area contributed by atoms with Crippen molar-refractivity contribution in [3.8, 4) is 0 Å². The van der Waals surface area contributed by atoms with Gasteiger partial charge < -0.3 is 4.98 Å². The zero-order valence-corrected chi connectivity index (χ0v) is 18.8. The summed E-state index contributed by atoms with van der Waals surface area (Å²) in [5, 5.41) is 14.1. The van der Waals surface area contributed by atoms with Crippen molar-refractivity contribution in [3.05, 3.63) is 51.1 Å². The van der Waals surface area contributed by atoms with E-state index in [1.165, 1.54) is 24.8 Å². The maximum absolute atomic E-state index is 13.4. The van der Waals surface area contributed by atoms with Crippen LogP contribution >= 0.6 is 0 Å². The number of aryl methyl sites for hydroxylation is 2. The number of aromatic amines is 1. The van der Waals surface area contributed by atoms with Crippen molar-refractivity contribution < 1.29 is 0 Å². The number of hydrogen-bond acceptors (Lipinski definition) is 5. The molecule has 1 saturated carbocycles. The van der Waals surface area contributed by atoms with E-state index in [1.54, 1.807) is 0 Å². The highest BCUT2D eigenvalue weighted by molar-refractivity contribution is 5.83. The van der Waals surface area contributed by atoms with Crippen LogP contribution in [0.3, 0.4) is 0 Å². The fourth-order valence-corrected chi connectivity index (χ4v) is 5.65. The highest BCUT2D eigenvalue weighted by Gasteiger charge is 2.36. The molecule has 0 amide bonds. The predicted molar refractivity (Wildman–Crippen MR) is 121 cm³/mol. The third-order valence-electron chi connectivity index (χ3n) is 7.26. The molecular formula is C24H32N6O. The zero-order chi connectivity index (χ0) is 21.5. The van der Waals surface area contributed by atoms with Crippen LogP contribution < -0.4 is 5.56 Å². The van der Waals surface area contributed by atoms with E-state index in [1.807, 2.05) is 4.68 Å². The minimum Gasteiger partial charge on any atom is -0.322 e. The van der Waals surface area contributed by atoms with Gasteiger partial charge in [-0.15, -0.1) is 5.10 Å². The van der Waals surface area contributed by atoms with E-state index >= 15 is 0 Å². The Balaban J connectivity index is 1.69. The molecule has 7 nitrogen and oxygen atoms in total. The van der Waals surface area contributed by atoms with Gasteiger partial charge in [-0.05, 0) is 86.7 Å². The summed E-state index contributed by atoms with van der Waals surface area (Å²) in [7, 11) is 0. The largest absolute Gasteiger partial charge is 0.322 e. The zero-order valence-electron chi connectivity index (χ0n) is 18.8. The summed E-state index contributed by atoms with van der Waals surface area (Å²) in [5.74, 6) is 0.815. The Morgan fingerprint density at radius 1 is 1.06 bits per heavy atom. The van der Waals surface area contributed by atoms with Gasteiger partial charge in [0, 0.05) is 22.5 Å². The van der Waals surface area contributed by atoms with Crippen molar-refractivity contribution in [1.29, 1.82) is 0 Å². The van der Waals surface area contributed by atoms with Gasteiger partial charge in [0.1, 0.15) is 6.04 Å². The number of fused-ring (bicyclic) bond motifs is 1. The van der Waals surface area contributed by atoms with Crippen LogP contribution in [0.4, 0.5) is 0 Å². The average molecular weight is 421 g/mol. The number of H-pyrrole nitrogens is 1. The Morgan fingerprint density at radius 3 is 2.61 bits per heavy atom. The number of hydrogen-bond donors (Lipinski definition) is 1. The van der Waals surface area contributed by atoms with Gasteiger partial charge in [-0.25, -0.2) is 4.68 Å². The molecule has 1 saturated heterocycles. The first-order valence-corrected chi connectivity index (χ1v) is 11.7. The molecule has 2 aromatic heterocycles. The van der Waals surface area contributed by atoms with E-state index < -0.39 is 0 Å². The Labute approximate surface area is 182 Å². The van der Waals surface area contributed by atoms with Crippen LogP contribution in [0.5, 0.6) is 0 Å². The van der Waals surface area contributed by atoms with E-state index in [0.717, 1.165) is 60.1 Å². The molecular weight excluding hydrogens is 388 g/mol. The quantitative estimate of drug-likeness (QED) is 0.684. The highest BCUT2D eigenvalue weighted by atomic mass is 16.1. The standard InChI is InChI=1S/C24H32N6O/c1-15-12-16(2)19-14-20(24(31)25-21(19)13-15)22(29-11-7-6-8-17(29)3)23-26-27-28-30(23)18-9-4-5-10-18/h12-14,17-18,22H,4-11H2,1-3H3,(H,25,31)/t17-,22-/m0/s1. The summed E-state index contributed by atoms with van der Waals surface area (Å²) in [4.78, 5) is 19.0. The van der Waals surface area contributed by atoms with Gasteiger partial charge in [0.2, 0.25) is 0 Å². The highest BCUT2D eigenvalue weighted by Crippen LogP contribution is 2.36. The van der Waals surface area contributed by atoms with Gasteiger partial charge in [0.25, 0.3) is 5.56 Å². The monoisotopic (exact) mass is 420 g/mol. The van der Waals surface area contributed by atoms with Crippen molar-refractivity contribution in [1.82, 2.24) is 30.1 Å². The second-order valence-corrected chi connectivity index (χ2v) is 9.50. The molecule has 1 aliphatic heterocycles. The summed E-state index contributed by atoms with van der Waals surface area (Å²) in [6.45, 7) is 7.39. The predicted octanol–water partition coefficient (Wildman–Crippen LogP) is 4.21. The van der Waals surface area contributed by atoms with Crippen molar-refractivity contribution >= 4 is 10.9 Å². The lowest BCUT2D eigenvalue weighted by Crippen LogP contribution is -2.43. The maximum atomic E-state index is 13.4. The number of benzene rings is 1. The van der Waals surface area contributed by atoms with Crippen molar-refractivity contribution in [2.24, 2.45) is 0 Å². The van der Waals surface area contributed by atoms with E-state index in [-0.39, 0.29) is 11.6 Å². The number of pyridine rings is 1. The van der Waals surface area contributed by atoms with E-state index in [9.17, 15) is 4.79 Å². The lowest BCUT2D eigenvalue weighted by Gasteiger charge is -2.39. The summed E-state index contributed by atoms with van der Waals surface area (Å²) in [5.41, 5.74) is 3.93. The van der Waals surface area contributed by atoms with Crippen LogP contribution in [0, 0.1) is 13.8 Å². The van der Waals surface area contributed by atoms with Crippen LogP contribution in [0.2, 0.25) is 0 Å². The molecule has 0 radical (unpaired) electrons. The number of rotatable bonds is 4. The number of piperidine rings is 1. The van der Waals surface area contributed by atoms with Gasteiger partial charge >= 0.3 is 0 Å². The molecule has 1 aromatic carbocycles. The Morgan fingerprint density at radius 2 is 1.84 bits per heavy atom. The molecule has 1 aliphatic carbocycles. The van der Waals surface area contributed by atoms with Crippen molar-refractivity contribution in [3.63, 3.8) is 0 Å². The fraction of sp³-hybridized carbons (Fsp3) is 0.583. The summed E-state index contributed by atoms with van der Waals surface area (Å²) < 4.78 is 2.02. The van der Waals surface area contributed by atoms with Crippen LogP contribution in [0.25, 0.3) is 10.9 Å². The van der Waals surface area contributed by atoms with E-state index in [2.05, 4.69) is 64.4 Å². The molecule has 0 bridgehead atoms. The Hall–Kier alpha value is -2.54. The van der Waals surface area contributed by atoms with Gasteiger partial charge in [0.15, 0.2) is 5.82 Å². The van der Waals surface area contributed by atoms with Crippen molar-refractivity contribution in [2.45, 2.75) is 83.8 Å². The smallest absolute Gasteiger partial charge is 0.253 e. The molecule has 0 unspecified atom stereocenters. The first-order chi connectivity index (χ1) is 15.0. The maximum Gasteiger partial charge on any atom is 0.253 e. The molecule has 5 rings (SSSR count). The molecule has 2 aliphatic rings. The second kappa shape index (κ2) is 8.19. The third kappa shape index (κ3) is 3.69. The summed E-state index contributed by atoms with van der Waals surface area (Å²) in [6.07, 6.45) is 8.12. The molecule has 31 heavy (non-hydrogen) atoms. The number of nitrogens with zero attached hydrogens (tertiary/aromatic N) is 5. The second-order valence-electron chi connectivity index (χ2n) is 9.50. The first-order valence-electron chi connectivity index (χ1n) is 11.7. The first kappa shape index (κ1) is 20.4. The van der Waals surface area contributed by atoms with Crippen LogP contribution in [-0.2, 0) is 0 Å². The number of likely N-dealkylation sites (tertiary alicyclic amines) is 1. The summed E-state index contributed by atoms with van der Waals surface area (Å²) >= 11 is 0. The molecule has 3 aromatic rings. The Bertz CT molecular complexity index is 1140. The van der Waals surface area contributed by atoms with Crippen LogP contribution in [0.15, 0.2) is 23.0 Å². The van der Waals surface area contributed by atoms with Gasteiger partial charge in [-0.3, -0.25) is 9.69 Å². The normalized spacial score (nSPS) is 21.7. The van der Waals surface area contributed by atoms with Gasteiger partial charge in [-0.1, -0.05) is 25.3 Å². The molecule has 7 heteroatoms. The van der Waals surface area contributed by atoms with Crippen molar-refractivity contribution in [2.75, 3.05) is 6.54 Å². The molecule has 164 valence electrons. The fourth-order valence-electron chi connectivity index (χ4n) is 5.65. The summed E-state index contributed by atoms with van der Waals surface area (Å²) in [6, 6.07) is 6.78. The number of nitrogens with one attached hydrogen (secondary N) is 1. The number of aromatic nitrogens is 5. The average Bonchev–Trinajstić information content (AvgIpc) is 3.42. The molecule has 2 fully saturated rings. The molecule has 3 heterocycles. The number of tetrazole rings is 1. The lowest BCUT2D eigenvalue weighted by molar-refractivity contribution is 0.115. The third-order valence-corrected chi connectivity index (χ3v) is 7.26. The molecule has 0 spiro atoms. The van der Waals surface area contributed by atoms with Crippen LogP contribution in [0.1, 0.15) is 86.5 Å². The molecule has 2 atom stereocenters. The minimum absolute atomic E-state index is 0.0405. The molecule has 1 N–H and O–H groups in total. The Kier molecular flexibility index (Phi) is 5.38. The van der Waals surface area contributed by atoms with E-state index in [0.29, 0.717) is 12.1 Å².